The van der Waals surface area contributed by atoms with E-state index in [9.17, 15) is 10.1 Å². The fourth-order valence-electron chi connectivity index (χ4n) is 2.61. The standard InChI is InChI=1S/C14H17N3O2/c1-14(6-2-3-7-14)10-16-13-5-4-12(17(18)19)8-11(13)9-15/h4-5,8,16H,2-3,6-7,10H2,1H3. The molecule has 1 saturated carbocycles. The second kappa shape index (κ2) is 5.27. The van der Waals surface area contributed by atoms with Gasteiger partial charge in [-0.2, -0.15) is 5.26 Å². The van der Waals surface area contributed by atoms with E-state index in [1.807, 2.05) is 6.07 Å². The Morgan fingerprint density at radius 1 is 1.47 bits per heavy atom. The molecule has 1 N–H and O–H groups in total. The molecule has 1 fully saturated rings. The first-order valence-corrected chi connectivity index (χ1v) is 6.46. The lowest BCUT2D eigenvalue weighted by Crippen LogP contribution is -2.23. The van der Waals surface area contributed by atoms with E-state index in [1.165, 1.54) is 37.8 Å². The summed E-state index contributed by atoms with van der Waals surface area (Å²) < 4.78 is 0. The maximum absolute atomic E-state index is 10.7. The highest BCUT2D eigenvalue weighted by atomic mass is 16.6. The summed E-state index contributed by atoms with van der Waals surface area (Å²) in [4.78, 5) is 10.2. The van der Waals surface area contributed by atoms with Crippen LogP contribution >= 0.6 is 0 Å². The Labute approximate surface area is 112 Å². The molecule has 2 rings (SSSR count). The third-order valence-electron chi connectivity index (χ3n) is 3.85. The highest BCUT2D eigenvalue weighted by molar-refractivity contribution is 5.61. The van der Waals surface area contributed by atoms with Crippen molar-refractivity contribution < 1.29 is 4.92 Å². The predicted molar refractivity (Wildman–Crippen MR) is 72.9 cm³/mol. The molecule has 0 spiro atoms. The minimum absolute atomic E-state index is 0.0471. The van der Waals surface area contributed by atoms with Crippen molar-refractivity contribution in [2.45, 2.75) is 32.6 Å². The second-order valence-electron chi connectivity index (χ2n) is 5.47. The summed E-state index contributed by atoms with van der Waals surface area (Å²) in [5, 5.41) is 23.0. The molecule has 0 bridgehead atoms. The van der Waals surface area contributed by atoms with Crippen molar-refractivity contribution in [1.82, 2.24) is 0 Å². The molecular formula is C14H17N3O2. The van der Waals surface area contributed by atoms with Crippen LogP contribution in [0.4, 0.5) is 11.4 Å². The molecule has 1 aliphatic carbocycles. The van der Waals surface area contributed by atoms with Gasteiger partial charge in [0.2, 0.25) is 0 Å². The summed E-state index contributed by atoms with van der Waals surface area (Å²) in [7, 11) is 0. The Hall–Kier alpha value is -2.09. The number of hydrogen-bond donors (Lipinski definition) is 1. The first-order chi connectivity index (χ1) is 9.04. The van der Waals surface area contributed by atoms with Crippen LogP contribution in [0.1, 0.15) is 38.2 Å². The number of nitriles is 1. The molecule has 0 heterocycles. The first-order valence-electron chi connectivity index (χ1n) is 6.46. The van der Waals surface area contributed by atoms with E-state index in [2.05, 4.69) is 12.2 Å². The minimum Gasteiger partial charge on any atom is -0.383 e. The van der Waals surface area contributed by atoms with Crippen molar-refractivity contribution >= 4 is 11.4 Å². The first kappa shape index (κ1) is 13.3. The van der Waals surface area contributed by atoms with Gasteiger partial charge in [0, 0.05) is 18.7 Å². The zero-order chi connectivity index (χ0) is 13.9. The molecule has 5 heteroatoms. The van der Waals surface area contributed by atoms with Gasteiger partial charge >= 0.3 is 0 Å². The number of nitro groups is 1. The highest BCUT2D eigenvalue weighted by Crippen LogP contribution is 2.37. The fourth-order valence-corrected chi connectivity index (χ4v) is 2.61. The Morgan fingerprint density at radius 2 is 2.16 bits per heavy atom. The molecule has 0 aliphatic heterocycles. The number of non-ortho nitro benzene ring substituents is 1. The Morgan fingerprint density at radius 3 is 2.74 bits per heavy atom. The van der Waals surface area contributed by atoms with Gasteiger partial charge in [0.05, 0.1) is 16.2 Å². The van der Waals surface area contributed by atoms with Crippen LogP contribution in [0, 0.1) is 26.9 Å². The topological polar surface area (TPSA) is 79.0 Å². The third-order valence-corrected chi connectivity index (χ3v) is 3.85. The number of anilines is 1. The molecule has 0 saturated heterocycles. The Balaban J connectivity index is 2.12. The lowest BCUT2D eigenvalue weighted by atomic mass is 9.89. The second-order valence-corrected chi connectivity index (χ2v) is 5.47. The third kappa shape index (κ3) is 3.02. The molecule has 19 heavy (non-hydrogen) atoms. The minimum atomic E-state index is -0.483. The maximum atomic E-state index is 10.7. The summed E-state index contributed by atoms with van der Waals surface area (Å²) in [6.07, 6.45) is 4.89. The van der Waals surface area contributed by atoms with Crippen molar-refractivity contribution in [3.05, 3.63) is 33.9 Å². The smallest absolute Gasteiger partial charge is 0.270 e. The van der Waals surface area contributed by atoms with E-state index in [0.717, 1.165) is 6.54 Å². The van der Waals surface area contributed by atoms with Crippen LogP contribution in [-0.4, -0.2) is 11.5 Å². The monoisotopic (exact) mass is 259 g/mol. The van der Waals surface area contributed by atoms with Crippen LogP contribution in [-0.2, 0) is 0 Å². The number of hydrogen-bond acceptors (Lipinski definition) is 4. The molecule has 0 radical (unpaired) electrons. The van der Waals surface area contributed by atoms with E-state index in [-0.39, 0.29) is 11.1 Å². The molecule has 100 valence electrons. The zero-order valence-electron chi connectivity index (χ0n) is 11.0. The molecule has 1 aromatic carbocycles. The van der Waals surface area contributed by atoms with E-state index >= 15 is 0 Å². The quantitative estimate of drug-likeness (QED) is 0.663. The van der Waals surface area contributed by atoms with Crippen molar-refractivity contribution in [2.24, 2.45) is 5.41 Å². The summed E-state index contributed by atoms with van der Waals surface area (Å²) >= 11 is 0. The summed E-state index contributed by atoms with van der Waals surface area (Å²) in [5.74, 6) is 0. The molecular weight excluding hydrogens is 242 g/mol. The van der Waals surface area contributed by atoms with E-state index in [1.54, 1.807) is 6.07 Å². The zero-order valence-corrected chi connectivity index (χ0v) is 11.0. The van der Waals surface area contributed by atoms with Gasteiger partial charge in [-0.3, -0.25) is 10.1 Å². The number of rotatable bonds is 4. The van der Waals surface area contributed by atoms with Crippen molar-refractivity contribution in [3.63, 3.8) is 0 Å². The van der Waals surface area contributed by atoms with Gasteiger partial charge in [-0.25, -0.2) is 0 Å². The van der Waals surface area contributed by atoms with E-state index < -0.39 is 4.92 Å². The molecule has 5 nitrogen and oxygen atoms in total. The molecule has 0 amide bonds. The van der Waals surface area contributed by atoms with Crippen molar-refractivity contribution in [2.75, 3.05) is 11.9 Å². The molecule has 0 atom stereocenters. The van der Waals surface area contributed by atoms with Gasteiger partial charge in [-0.1, -0.05) is 19.8 Å². The Kier molecular flexibility index (Phi) is 3.70. The highest BCUT2D eigenvalue weighted by Gasteiger charge is 2.28. The van der Waals surface area contributed by atoms with E-state index in [4.69, 9.17) is 5.26 Å². The average Bonchev–Trinajstić information content (AvgIpc) is 2.83. The van der Waals surface area contributed by atoms with Gasteiger partial charge < -0.3 is 5.32 Å². The maximum Gasteiger partial charge on any atom is 0.270 e. The summed E-state index contributed by atoms with van der Waals surface area (Å²) in [6, 6.07) is 6.38. The number of nitrogens with zero attached hydrogens (tertiary/aromatic N) is 2. The lowest BCUT2D eigenvalue weighted by molar-refractivity contribution is -0.384. The van der Waals surface area contributed by atoms with Crippen LogP contribution in [0.2, 0.25) is 0 Å². The number of nitro benzene ring substituents is 1. The van der Waals surface area contributed by atoms with Crippen LogP contribution in [0.3, 0.4) is 0 Å². The molecule has 0 unspecified atom stereocenters. The van der Waals surface area contributed by atoms with E-state index in [0.29, 0.717) is 11.3 Å². The normalized spacial score (nSPS) is 16.8. The molecule has 0 aromatic heterocycles. The van der Waals surface area contributed by atoms with Gasteiger partial charge in [-0.15, -0.1) is 0 Å². The fraction of sp³-hybridized carbons (Fsp3) is 0.500. The molecule has 1 aromatic rings. The summed E-state index contributed by atoms with van der Waals surface area (Å²) in [6.45, 7) is 3.05. The van der Waals surface area contributed by atoms with Gasteiger partial charge in [0.25, 0.3) is 5.69 Å². The van der Waals surface area contributed by atoms with Crippen LogP contribution in [0.25, 0.3) is 0 Å². The SMILES string of the molecule is CC1(CNc2ccc([N+](=O)[O-])cc2C#N)CCCC1. The average molecular weight is 259 g/mol. The molecule has 1 aliphatic rings. The van der Waals surface area contributed by atoms with Gasteiger partial charge in [-0.05, 0) is 24.3 Å². The Bertz CT molecular complexity index is 528. The van der Waals surface area contributed by atoms with Crippen molar-refractivity contribution in [3.8, 4) is 6.07 Å². The van der Waals surface area contributed by atoms with Crippen molar-refractivity contribution in [1.29, 1.82) is 5.26 Å². The lowest BCUT2D eigenvalue weighted by Gasteiger charge is -2.24. The van der Waals surface area contributed by atoms with Crippen LogP contribution < -0.4 is 5.32 Å². The summed E-state index contributed by atoms with van der Waals surface area (Å²) in [5.41, 5.74) is 1.24. The predicted octanol–water partition coefficient (Wildman–Crippen LogP) is 3.46. The van der Waals surface area contributed by atoms with Crippen LogP contribution in [0.5, 0.6) is 0 Å². The largest absolute Gasteiger partial charge is 0.383 e. The number of benzene rings is 1. The number of nitrogens with one attached hydrogen (secondary N) is 1. The van der Waals surface area contributed by atoms with Gasteiger partial charge in [0.15, 0.2) is 0 Å². The van der Waals surface area contributed by atoms with Gasteiger partial charge in [0.1, 0.15) is 6.07 Å². The van der Waals surface area contributed by atoms with Crippen LogP contribution in [0.15, 0.2) is 18.2 Å².